The molecule has 1 aliphatic heterocycles. The third kappa shape index (κ3) is 1.16. The monoisotopic (exact) mass is 236 g/mol. The van der Waals surface area contributed by atoms with Crippen LogP contribution in [0.25, 0.3) is 22.3 Å². The van der Waals surface area contributed by atoms with Crippen molar-refractivity contribution in [2.45, 2.75) is 6.54 Å². The maximum atomic E-state index is 5.17. The van der Waals surface area contributed by atoms with Crippen molar-refractivity contribution in [3.8, 4) is 17.1 Å². The average Bonchev–Trinajstić information content (AvgIpc) is 2.93. The molecular formula is C15H12N2O. The Bertz CT molecular complexity index is 758. The lowest BCUT2D eigenvalue weighted by Crippen LogP contribution is -1.93. The molecule has 4 rings (SSSR count). The number of benzene rings is 1. The van der Waals surface area contributed by atoms with Crippen LogP contribution >= 0.6 is 0 Å². The first-order valence-electron chi connectivity index (χ1n) is 5.99. The summed E-state index contributed by atoms with van der Waals surface area (Å²) in [5, 5.41) is 0. The van der Waals surface area contributed by atoms with Crippen LogP contribution in [0.1, 0.15) is 5.56 Å². The Labute approximate surface area is 105 Å². The lowest BCUT2D eigenvalue weighted by atomic mass is 10.1. The summed E-state index contributed by atoms with van der Waals surface area (Å²) in [6.07, 6.45) is 0. The van der Waals surface area contributed by atoms with E-state index in [0.29, 0.717) is 5.88 Å². The van der Waals surface area contributed by atoms with Crippen LogP contribution in [0.15, 0.2) is 42.5 Å². The molecule has 0 fully saturated rings. The van der Waals surface area contributed by atoms with E-state index in [4.69, 9.17) is 4.74 Å². The number of hydrogen-bond acceptors (Lipinski definition) is 2. The number of nitrogens with zero attached hydrogens (tertiary/aromatic N) is 2. The van der Waals surface area contributed by atoms with Gasteiger partial charge in [0.2, 0.25) is 5.88 Å². The fourth-order valence-electron chi connectivity index (χ4n) is 2.71. The van der Waals surface area contributed by atoms with Gasteiger partial charge in [-0.2, -0.15) is 0 Å². The van der Waals surface area contributed by atoms with Crippen molar-refractivity contribution in [2.24, 2.45) is 0 Å². The van der Waals surface area contributed by atoms with E-state index in [0.717, 1.165) is 12.1 Å². The molecule has 3 aromatic rings. The minimum absolute atomic E-state index is 0.667. The van der Waals surface area contributed by atoms with Crippen LogP contribution in [-0.2, 0) is 6.54 Å². The Morgan fingerprint density at radius 2 is 2.06 bits per heavy atom. The van der Waals surface area contributed by atoms with Crippen LogP contribution in [0, 0.1) is 0 Å². The molecule has 0 N–H and O–H groups in total. The lowest BCUT2D eigenvalue weighted by molar-refractivity contribution is 0.399. The third-order valence-corrected chi connectivity index (χ3v) is 3.56. The molecule has 0 radical (unpaired) electrons. The highest BCUT2D eigenvalue weighted by Gasteiger charge is 2.20. The van der Waals surface area contributed by atoms with Gasteiger partial charge in [-0.1, -0.05) is 24.3 Å². The van der Waals surface area contributed by atoms with Gasteiger partial charge >= 0.3 is 0 Å². The molecule has 3 heterocycles. The van der Waals surface area contributed by atoms with Gasteiger partial charge in [0.1, 0.15) is 0 Å². The van der Waals surface area contributed by atoms with Gasteiger partial charge in [0, 0.05) is 18.2 Å². The van der Waals surface area contributed by atoms with E-state index in [2.05, 4.69) is 45.9 Å². The highest BCUT2D eigenvalue weighted by molar-refractivity contribution is 5.87. The van der Waals surface area contributed by atoms with Crippen LogP contribution in [0.5, 0.6) is 5.88 Å². The number of methoxy groups -OCH3 is 1. The van der Waals surface area contributed by atoms with Crippen molar-refractivity contribution < 1.29 is 4.74 Å². The summed E-state index contributed by atoms with van der Waals surface area (Å²) < 4.78 is 7.48. The van der Waals surface area contributed by atoms with Gasteiger partial charge < -0.3 is 9.30 Å². The first-order chi connectivity index (χ1) is 8.86. The molecule has 0 saturated heterocycles. The maximum Gasteiger partial charge on any atom is 0.213 e. The smallest absolute Gasteiger partial charge is 0.213 e. The minimum atomic E-state index is 0.667. The molecule has 1 aromatic carbocycles. The van der Waals surface area contributed by atoms with E-state index >= 15 is 0 Å². The molecule has 0 spiro atoms. The van der Waals surface area contributed by atoms with Gasteiger partial charge in [-0.15, -0.1) is 0 Å². The van der Waals surface area contributed by atoms with Gasteiger partial charge in [-0.25, -0.2) is 4.98 Å². The summed E-state index contributed by atoms with van der Waals surface area (Å²) in [6, 6.07) is 14.7. The van der Waals surface area contributed by atoms with Crippen molar-refractivity contribution in [2.75, 3.05) is 7.11 Å². The third-order valence-electron chi connectivity index (χ3n) is 3.56. The van der Waals surface area contributed by atoms with E-state index in [1.165, 1.54) is 22.3 Å². The summed E-state index contributed by atoms with van der Waals surface area (Å²) in [5.74, 6) is 0.667. The first kappa shape index (κ1) is 9.71. The van der Waals surface area contributed by atoms with Crippen molar-refractivity contribution >= 4 is 11.0 Å². The van der Waals surface area contributed by atoms with Gasteiger partial charge in [0.05, 0.1) is 23.8 Å². The zero-order valence-corrected chi connectivity index (χ0v) is 10.1. The molecule has 0 saturated carbocycles. The molecule has 0 amide bonds. The first-order valence-corrected chi connectivity index (χ1v) is 5.99. The van der Waals surface area contributed by atoms with Crippen molar-refractivity contribution in [1.29, 1.82) is 0 Å². The number of hydrogen-bond donors (Lipinski definition) is 0. The second-order valence-corrected chi connectivity index (χ2v) is 4.53. The van der Waals surface area contributed by atoms with Crippen molar-refractivity contribution in [1.82, 2.24) is 9.55 Å². The molecule has 0 atom stereocenters. The molecule has 0 unspecified atom stereocenters. The maximum absolute atomic E-state index is 5.17. The number of aromatic nitrogens is 2. The fourth-order valence-corrected chi connectivity index (χ4v) is 2.71. The highest BCUT2D eigenvalue weighted by Crippen LogP contribution is 2.36. The number of ether oxygens (including phenoxy) is 1. The van der Waals surface area contributed by atoms with Crippen LogP contribution in [-0.4, -0.2) is 16.7 Å². The van der Waals surface area contributed by atoms with Crippen LogP contribution < -0.4 is 4.74 Å². The normalized spacial score (nSPS) is 12.5. The Hall–Kier alpha value is -2.29. The molecule has 18 heavy (non-hydrogen) atoms. The van der Waals surface area contributed by atoms with Crippen LogP contribution in [0.2, 0.25) is 0 Å². The molecule has 88 valence electrons. The Morgan fingerprint density at radius 3 is 2.94 bits per heavy atom. The quantitative estimate of drug-likeness (QED) is 0.508. The number of pyridine rings is 1. The summed E-state index contributed by atoms with van der Waals surface area (Å²) in [7, 11) is 1.65. The summed E-state index contributed by atoms with van der Waals surface area (Å²) in [6.45, 7) is 0.934. The van der Waals surface area contributed by atoms with Crippen molar-refractivity contribution in [3.63, 3.8) is 0 Å². The largest absolute Gasteiger partial charge is 0.481 e. The standard InChI is InChI=1S/C15H12N2O/c1-18-15-7-6-13-12(16-15)8-14-11-5-3-2-4-10(11)9-17(13)14/h2-8H,9H2,1H3. The second kappa shape index (κ2) is 3.35. The van der Waals surface area contributed by atoms with E-state index in [-0.39, 0.29) is 0 Å². The van der Waals surface area contributed by atoms with Gasteiger partial charge in [-0.3, -0.25) is 0 Å². The summed E-state index contributed by atoms with van der Waals surface area (Å²) in [5.41, 5.74) is 6.11. The molecule has 1 aliphatic rings. The van der Waals surface area contributed by atoms with Gasteiger partial charge in [0.25, 0.3) is 0 Å². The zero-order valence-electron chi connectivity index (χ0n) is 10.1. The topological polar surface area (TPSA) is 27.1 Å². The summed E-state index contributed by atoms with van der Waals surface area (Å²) >= 11 is 0. The molecule has 0 aliphatic carbocycles. The van der Waals surface area contributed by atoms with Gasteiger partial charge in [-0.05, 0) is 17.7 Å². The average molecular weight is 236 g/mol. The highest BCUT2D eigenvalue weighted by atomic mass is 16.5. The fraction of sp³-hybridized carbons (Fsp3) is 0.133. The Balaban J connectivity index is 2.01. The molecule has 3 nitrogen and oxygen atoms in total. The minimum Gasteiger partial charge on any atom is -0.481 e. The zero-order chi connectivity index (χ0) is 12.1. The van der Waals surface area contributed by atoms with Crippen LogP contribution in [0.4, 0.5) is 0 Å². The predicted octanol–water partition coefficient (Wildman–Crippen LogP) is 3.07. The molecule has 3 heteroatoms. The number of fused-ring (bicyclic) bond motifs is 5. The Morgan fingerprint density at radius 1 is 1.17 bits per heavy atom. The van der Waals surface area contributed by atoms with E-state index in [1.54, 1.807) is 7.11 Å². The number of rotatable bonds is 1. The second-order valence-electron chi connectivity index (χ2n) is 4.53. The van der Waals surface area contributed by atoms with E-state index in [9.17, 15) is 0 Å². The molecular weight excluding hydrogens is 224 g/mol. The Kier molecular flexibility index (Phi) is 1.81. The van der Waals surface area contributed by atoms with Crippen molar-refractivity contribution in [3.05, 3.63) is 48.0 Å². The predicted molar refractivity (Wildman–Crippen MR) is 70.8 cm³/mol. The van der Waals surface area contributed by atoms with E-state index in [1.807, 2.05) is 6.07 Å². The van der Waals surface area contributed by atoms with Gasteiger partial charge in [0.15, 0.2) is 0 Å². The molecule has 2 aromatic heterocycles. The van der Waals surface area contributed by atoms with E-state index < -0.39 is 0 Å². The SMILES string of the molecule is COc1ccc2c(cc3n2Cc2ccccc2-3)n1. The summed E-state index contributed by atoms with van der Waals surface area (Å²) in [4.78, 5) is 4.49. The van der Waals surface area contributed by atoms with Crippen LogP contribution in [0.3, 0.4) is 0 Å². The lowest BCUT2D eigenvalue weighted by Gasteiger charge is -2.01. The molecule has 0 bridgehead atoms.